The first-order valence-corrected chi connectivity index (χ1v) is 6.56. The number of nitrogens with zero attached hydrogens (tertiary/aromatic N) is 2. The minimum Gasteiger partial charge on any atom is -0.309 e. The van der Waals surface area contributed by atoms with Crippen molar-refractivity contribution in [2.75, 3.05) is 6.54 Å². The summed E-state index contributed by atoms with van der Waals surface area (Å²) < 4.78 is 1.89. The minimum atomic E-state index is 0.151. The van der Waals surface area contributed by atoms with Gasteiger partial charge >= 0.3 is 0 Å². The molecule has 1 aromatic carbocycles. The zero-order valence-electron chi connectivity index (χ0n) is 11.8. The van der Waals surface area contributed by atoms with Gasteiger partial charge in [0.15, 0.2) is 0 Å². The molecule has 19 heavy (non-hydrogen) atoms. The van der Waals surface area contributed by atoms with Crippen LogP contribution in [0.2, 0.25) is 0 Å². The Morgan fingerprint density at radius 3 is 2.63 bits per heavy atom. The van der Waals surface area contributed by atoms with Crippen LogP contribution in [0.15, 0.2) is 48.8 Å². The van der Waals surface area contributed by atoms with Gasteiger partial charge in [-0.1, -0.05) is 30.4 Å². The van der Waals surface area contributed by atoms with E-state index in [2.05, 4.69) is 43.3 Å². The smallest absolute Gasteiger partial charge is 0.0645 e. The van der Waals surface area contributed by atoms with E-state index in [0.717, 1.165) is 17.8 Å². The molecule has 2 rings (SSSR count). The molecule has 0 aliphatic carbocycles. The third-order valence-corrected chi connectivity index (χ3v) is 2.68. The molecule has 0 fully saturated rings. The van der Waals surface area contributed by atoms with Gasteiger partial charge in [0, 0.05) is 23.8 Å². The Balaban J connectivity index is 1.97. The molecular weight excluding hydrogens is 234 g/mol. The molecule has 0 bridgehead atoms. The number of hydrogen-bond acceptors (Lipinski definition) is 2. The van der Waals surface area contributed by atoms with Gasteiger partial charge in [0.1, 0.15) is 0 Å². The first-order chi connectivity index (χ1) is 9.04. The summed E-state index contributed by atoms with van der Waals surface area (Å²) in [7, 11) is 0. The van der Waals surface area contributed by atoms with Crippen LogP contribution in [0.1, 0.15) is 26.3 Å². The summed E-state index contributed by atoms with van der Waals surface area (Å²) in [5, 5.41) is 7.78. The van der Waals surface area contributed by atoms with Crippen LogP contribution in [0.5, 0.6) is 0 Å². The molecule has 100 valence electrons. The van der Waals surface area contributed by atoms with E-state index in [-0.39, 0.29) is 5.54 Å². The third-order valence-electron chi connectivity index (χ3n) is 2.68. The zero-order chi connectivity index (χ0) is 13.7. The molecule has 2 aromatic rings. The fraction of sp³-hybridized carbons (Fsp3) is 0.312. The maximum Gasteiger partial charge on any atom is 0.0645 e. The van der Waals surface area contributed by atoms with Crippen molar-refractivity contribution in [2.24, 2.45) is 0 Å². The predicted octanol–water partition coefficient (Wildman–Crippen LogP) is 3.27. The van der Waals surface area contributed by atoms with Gasteiger partial charge in [0.05, 0.1) is 11.9 Å². The summed E-state index contributed by atoms with van der Waals surface area (Å²) in [5.74, 6) is 0. The number of rotatable bonds is 4. The number of hydrogen-bond donors (Lipinski definition) is 1. The van der Waals surface area contributed by atoms with Gasteiger partial charge in [-0.25, -0.2) is 4.68 Å². The van der Waals surface area contributed by atoms with E-state index in [9.17, 15) is 0 Å². The van der Waals surface area contributed by atoms with Gasteiger partial charge in [-0.3, -0.25) is 0 Å². The Hall–Kier alpha value is -1.87. The first-order valence-electron chi connectivity index (χ1n) is 6.56. The van der Waals surface area contributed by atoms with Crippen LogP contribution in [-0.4, -0.2) is 21.9 Å². The summed E-state index contributed by atoms with van der Waals surface area (Å²) >= 11 is 0. The van der Waals surface area contributed by atoms with E-state index in [1.54, 1.807) is 0 Å². The van der Waals surface area contributed by atoms with Gasteiger partial charge in [0.25, 0.3) is 0 Å². The average molecular weight is 255 g/mol. The van der Waals surface area contributed by atoms with Crippen molar-refractivity contribution in [3.63, 3.8) is 0 Å². The summed E-state index contributed by atoms with van der Waals surface area (Å²) in [5.41, 5.74) is 2.34. The lowest BCUT2D eigenvalue weighted by Crippen LogP contribution is -2.35. The predicted molar refractivity (Wildman–Crippen MR) is 80.4 cm³/mol. The minimum absolute atomic E-state index is 0.151. The highest BCUT2D eigenvalue weighted by Gasteiger charge is 2.05. The van der Waals surface area contributed by atoms with E-state index in [4.69, 9.17) is 0 Å². The van der Waals surface area contributed by atoms with E-state index in [0.29, 0.717) is 0 Å². The van der Waals surface area contributed by atoms with Crippen molar-refractivity contribution in [2.45, 2.75) is 26.3 Å². The number of para-hydroxylation sites is 1. The Labute approximate surface area is 115 Å². The standard InChI is InChI=1S/C16H21N3/c1-16(2,3)17-11-7-8-14-12-18-19(13-14)15-9-5-4-6-10-15/h4-10,12-13,17H,11H2,1-3H3. The molecule has 0 spiro atoms. The summed E-state index contributed by atoms with van der Waals surface area (Å²) in [6.07, 6.45) is 8.12. The molecule has 0 radical (unpaired) electrons. The number of benzene rings is 1. The quantitative estimate of drug-likeness (QED) is 0.908. The van der Waals surface area contributed by atoms with Crippen molar-refractivity contribution < 1.29 is 0 Å². The molecule has 3 nitrogen and oxygen atoms in total. The van der Waals surface area contributed by atoms with E-state index >= 15 is 0 Å². The Morgan fingerprint density at radius 2 is 1.95 bits per heavy atom. The normalized spacial score (nSPS) is 12.2. The average Bonchev–Trinajstić information content (AvgIpc) is 2.83. The van der Waals surface area contributed by atoms with Gasteiger partial charge < -0.3 is 5.32 Å². The Morgan fingerprint density at radius 1 is 1.21 bits per heavy atom. The largest absolute Gasteiger partial charge is 0.309 e. The van der Waals surface area contributed by atoms with Crippen molar-refractivity contribution >= 4 is 6.08 Å². The second-order valence-corrected chi connectivity index (χ2v) is 5.59. The van der Waals surface area contributed by atoms with E-state index in [1.165, 1.54) is 0 Å². The van der Waals surface area contributed by atoms with Crippen molar-refractivity contribution in [3.8, 4) is 5.69 Å². The molecular formula is C16H21N3. The zero-order valence-corrected chi connectivity index (χ0v) is 11.8. The molecule has 0 saturated heterocycles. The first kappa shape index (κ1) is 13.6. The molecule has 0 aliphatic rings. The number of nitrogens with one attached hydrogen (secondary N) is 1. The van der Waals surface area contributed by atoms with Crippen molar-refractivity contribution in [1.82, 2.24) is 15.1 Å². The molecule has 1 N–H and O–H groups in total. The second-order valence-electron chi connectivity index (χ2n) is 5.59. The van der Waals surface area contributed by atoms with Crippen molar-refractivity contribution in [1.29, 1.82) is 0 Å². The maximum absolute atomic E-state index is 4.36. The fourth-order valence-corrected chi connectivity index (χ4v) is 1.70. The lowest BCUT2D eigenvalue weighted by molar-refractivity contribution is 0.450. The molecule has 0 amide bonds. The van der Waals surface area contributed by atoms with Crippen LogP contribution in [0, 0.1) is 0 Å². The van der Waals surface area contributed by atoms with Crippen LogP contribution >= 0.6 is 0 Å². The Bertz CT molecular complexity index is 533. The van der Waals surface area contributed by atoms with Gasteiger partial charge in [0.2, 0.25) is 0 Å². The molecule has 0 aliphatic heterocycles. The highest BCUT2D eigenvalue weighted by atomic mass is 15.3. The SMILES string of the molecule is CC(C)(C)NCC=Cc1cnn(-c2ccccc2)c1. The molecule has 1 heterocycles. The molecule has 1 aromatic heterocycles. The summed E-state index contributed by atoms with van der Waals surface area (Å²) in [6.45, 7) is 7.34. The number of aromatic nitrogens is 2. The summed E-state index contributed by atoms with van der Waals surface area (Å²) in [6, 6.07) is 10.1. The highest BCUT2D eigenvalue weighted by Crippen LogP contribution is 2.08. The van der Waals surface area contributed by atoms with Crippen LogP contribution < -0.4 is 5.32 Å². The third kappa shape index (κ3) is 4.38. The van der Waals surface area contributed by atoms with Gasteiger partial charge in [-0.2, -0.15) is 5.10 Å². The van der Waals surface area contributed by atoms with E-state index < -0.39 is 0 Å². The van der Waals surface area contributed by atoms with Crippen LogP contribution in [-0.2, 0) is 0 Å². The van der Waals surface area contributed by atoms with Crippen LogP contribution in [0.4, 0.5) is 0 Å². The molecule has 3 heteroatoms. The highest BCUT2D eigenvalue weighted by molar-refractivity contribution is 5.48. The van der Waals surface area contributed by atoms with Crippen molar-refractivity contribution in [3.05, 3.63) is 54.4 Å². The topological polar surface area (TPSA) is 29.9 Å². The van der Waals surface area contributed by atoms with Gasteiger partial charge in [-0.15, -0.1) is 0 Å². The van der Waals surface area contributed by atoms with E-state index in [1.807, 2.05) is 47.4 Å². The van der Waals surface area contributed by atoms with Crippen LogP contribution in [0.3, 0.4) is 0 Å². The molecule has 0 unspecified atom stereocenters. The molecule has 0 saturated carbocycles. The Kier molecular flexibility index (Phi) is 4.17. The summed E-state index contributed by atoms with van der Waals surface area (Å²) in [4.78, 5) is 0. The van der Waals surface area contributed by atoms with Gasteiger partial charge in [-0.05, 0) is 32.9 Å². The second kappa shape index (κ2) is 5.85. The molecule has 0 atom stereocenters. The monoisotopic (exact) mass is 255 g/mol. The van der Waals surface area contributed by atoms with Crippen LogP contribution in [0.25, 0.3) is 11.8 Å². The fourth-order valence-electron chi connectivity index (χ4n) is 1.70. The lowest BCUT2D eigenvalue weighted by atomic mass is 10.1. The lowest BCUT2D eigenvalue weighted by Gasteiger charge is -2.18. The maximum atomic E-state index is 4.36.